The number of carbonyl (C=O) groups is 2. The molecule has 0 fully saturated rings. The van der Waals surface area contributed by atoms with E-state index in [4.69, 9.17) is 11.6 Å². The minimum atomic E-state index is -2.46. The number of hydrogen-bond acceptors (Lipinski definition) is 6. The van der Waals surface area contributed by atoms with E-state index in [1.807, 2.05) is 22.6 Å². The zero-order chi connectivity index (χ0) is 18.9. The van der Waals surface area contributed by atoms with Crippen molar-refractivity contribution in [1.29, 1.82) is 0 Å². The number of hydrogen-bond donors (Lipinski definition) is 0. The fourth-order valence-electron chi connectivity index (χ4n) is 1.87. The minimum absolute atomic E-state index is 0.120. The summed E-state index contributed by atoms with van der Waals surface area (Å²) in [6, 6.07) is 0. The molecule has 0 aromatic heterocycles. The average Bonchev–Trinajstić information content (AvgIpc) is 2.53. The zero-order valence-corrected chi connectivity index (χ0v) is 16.4. The molecule has 0 bridgehead atoms. The average molecular weight is 479 g/mol. The van der Waals surface area contributed by atoms with E-state index in [0.717, 1.165) is 4.90 Å². The van der Waals surface area contributed by atoms with Crippen molar-refractivity contribution in [3.63, 3.8) is 0 Å². The highest BCUT2D eigenvalue weighted by Crippen LogP contribution is 2.22. The van der Waals surface area contributed by atoms with Gasteiger partial charge in [-0.3, -0.25) is 29.8 Å². The van der Waals surface area contributed by atoms with Crippen LogP contribution in [-0.4, -0.2) is 74.6 Å². The summed E-state index contributed by atoms with van der Waals surface area (Å²) in [6.07, 6.45) is -0.659. The Kier molecular flexibility index (Phi) is 10.0. The van der Waals surface area contributed by atoms with E-state index < -0.39 is 34.3 Å². The molecule has 0 spiro atoms. The van der Waals surface area contributed by atoms with Crippen molar-refractivity contribution in [3.8, 4) is 0 Å². The molecule has 10 nitrogen and oxygen atoms in total. The fraction of sp³-hybridized carbons (Fsp3) is 0.833. The first-order valence-corrected chi connectivity index (χ1v) is 9.07. The standard InChI is InChI=1S/C12H20ClIN4O6/c1-15(10(19)3-6-14)7-4-12(17(21)22,18(23)24)5-8-16(2)11(20)9-13/h3-9H2,1-2H3. The van der Waals surface area contributed by atoms with Crippen LogP contribution in [0.5, 0.6) is 0 Å². The van der Waals surface area contributed by atoms with Crippen LogP contribution in [0.3, 0.4) is 0 Å². The summed E-state index contributed by atoms with van der Waals surface area (Å²) in [6.45, 7) is -0.302. The quantitative estimate of drug-likeness (QED) is 0.143. The summed E-state index contributed by atoms with van der Waals surface area (Å²) in [5.74, 6) is -1.03. The molecule has 0 N–H and O–H groups in total. The van der Waals surface area contributed by atoms with Gasteiger partial charge in [-0.15, -0.1) is 11.6 Å². The maximum Gasteiger partial charge on any atom is 0.461 e. The van der Waals surface area contributed by atoms with Crippen molar-refractivity contribution < 1.29 is 19.4 Å². The van der Waals surface area contributed by atoms with E-state index >= 15 is 0 Å². The topological polar surface area (TPSA) is 127 Å². The van der Waals surface area contributed by atoms with Crippen LogP contribution in [0.4, 0.5) is 0 Å². The van der Waals surface area contributed by atoms with Crippen molar-refractivity contribution in [1.82, 2.24) is 9.80 Å². The Morgan fingerprint density at radius 3 is 1.79 bits per heavy atom. The zero-order valence-electron chi connectivity index (χ0n) is 13.4. The molecule has 0 saturated heterocycles. The van der Waals surface area contributed by atoms with Crippen molar-refractivity contribution in [3.05, 3.63) is 20.2 Å². The van der Waals surface area contributed by atoms with Gasteiger partial charge in [-0.25, -0.2) is 0 Å². The molecule has 0 heterocycles. The number of nitro groups is 2. The monoisotopic (exact) mass is 478 g/mol. The van der Waals surface area contributed by atoms with Gasteiger partial charge in [-0.1, -0.05) is 22.6 Å². The maximum absolute atomic E-state index is 11.7. The van der Waals surface area contributed by atoms with E-state index in [9.17, 15) is 29.8 Å². The third kappa shape index (κ3) is 6.34. The van der Waals surface area contributed by atoms with Crippen LogP contribution in [0, 0.1) is 20.2 Å². The van der Waals surface area contributed by atoms with Gasteiger partial charge in [-0.05, 0) is 0 Å². The molecular formula is C12H20ClIN4O6. The number of rotatable bonds is 11. The van der Waals surface area contributed by atoms with Gasteiger partial charge in [-0.2, -0.15) is 0 Å². The van der Waals surface area contributed by atoms with Crippen LogP contribution in [0.15, 0.2) is 0 Å². The smallest absolute Gasteiger partial charge is 0.345 e. The molecule has 0 aromatic carbocycles. The molecule has 0 rings (SSSR count). The Morgan fingerprint density at radius 2 is 1.46 bits per heavy atom. The lowest BCUT2D eigenvalue weighted by atomic mass is 10.0. The number of carbonyl (C=O) groups excluding carboxylic acids is 2. The predicted molar refractivity (Wildman–Crippen MR) is 95.5 cm³/mol. The first-order chi connectivity index (χ1) is 11.1. The summed E-state index contributed by atoms with van der Waals surface area (Å²) in [5, 5.41) is 22.7. The van der Waals surface area contributed by atoms with E-state index in [2.05, 4.69) is 0 Å². The van der Waals surface area contributed by atoms with E-state index in [1.165, 1.54) is 19.0 Å². The number of halogens is 2. The molecular weight excluding hydrogens is 459 g/mol. The second-order valence-electron chi connectivity index (χ2n) is 5.20. The first kappa shape index (κ1) is 22.8. The molecule has 0 aliphatic carbocycles. The lowest BCUT2D eigenvalue weighted by Crippen LogP contribution is -2.51. The van der Waals surface area contributed by atoms with E-state index in [0.29, 0.717) is 4.43 Å². The molecule has 0 atom stereocenters. The highest BCUT2D eigenvalue weighted by atomic mass is 127. The predicted octanol–water partition coefficient (Wildman–Crippen LogP) is 0.997. The van der Waals surface area contributed by atoms with Crippen LogP contribution < -0.4 is 0 Å². The molecule has 0 unspecified atom stereocenters. The summed E-state index contributed by atoms with van der Waals surface area (Å²) in [5.41, 5.74) is -2.46. The summed E-state index contributed by atoms with van der Waals surface area (Å²) < 4.78 is 0.585. The van der Waals surface area contributed by atoms with Gasteiger partial charge in [0.15, 0.2) is 0 Å². The summed E-state index contributed by atoms with van der Waals surface area (Å²) in [4.78, 5) is 46.3. The maximum atomic E-state index is 11.7. The lowest BCUT2D eigenvalue weighted by Gasteiger charge is -2.23. The van der Waals surface area contributed by atoms with Crippen molar-refractivity contribution in [2.24, 2.45) is 0 Å². The molecule has 0 aliphatic rings. The Hall–Kier alpha value is -1.24. The summed E-state index contributed by atoms with van der Waals surface area (Å²) >= 11 is 7.41. The van der Waals surface area contributed by atoms with Gasteiger partial charge in [0.2, 0.25) is 11.8 Å². The number of alkyl halides is 2. The highest BCUT2D eigenvalue weighted by Gasteiger charge is 2.55. The van der Waals surface area contributed by atoms with Crippen LogP contribution in [0.2, 0.25) is 0 Å². The molecule has 0 aliphatic heterocycles. The van der Waals surface area contributed by atoms with Crippen LogP contribution >= 0.6 is 34.2 Å². The van der Waals surface area contributed by atoms with Crippen LogP contribution in [0.25, 0.3) is 0 Å². The molecule has 138 valence electrons. The third-order valence-electron chi connectivity index (χ3n) is 3.65. The summed E-state index contributed by atoms with van der Waals surface area (Å²) in [7, 11) is 2.81. The molecule has 0 radical (unpaired) electrons. The Balaban J connectivity index is 5.09. The SMILES string of the molecule is CN(CCC(CCN(C)C(=O)CCI)([N+](=O)[O-])[N+](=O)[O-])C(=O)CCl. The Labute approximate surface area is 157 Å². The molecule has 2 amide bonds. The molecule has 24 heavy (non-hydrogen) atoms. The van der Waals surface area contributed by atoms with Crippen molar-refractivity contribution >= 4 is 46.0 Å². The van der Waals surface area contributed by atoms with Gasteiger partial charge in [0.1, 0.15) is 18.7 Å². The van der Waals surface area contributed by atoms with Crippen LogP contribution in [-0.2, 0) is 9.59 Å². The Morgan fingerprint density at radius 1 is 1.04 bits per heavy atom. The first-order valence-electron chi connectivity index (χ1n) is 7.01. The molecule has 0 aromatic rings. The van der Waals surface area contributed by atoms with Gasteiger partial charge < -0.3 is 9.80 Å². The number of amides is 2. The number of nitrogens with zero attached hydrogens (tertiary/aromatic N) is 4. The van der Waals surface area contributed by atoms with Gasteiger partial charge in [0.05, 0.1) is 9.85 Å². The van der Waals surface area contributed by atoms with Crippen molar-refractivity contribution in [2.75, 3.05) is 37.5 Å². The molecule has 12 heteroatoms. The Bertz CT molecular complexity index is 478. The van der Waals surface area contributed by atoms with E-state index in [-0.39, 0.29) is 31.3 Å². The highest BCUT2D eigenvalue weighted by molar-refractivity contribution is 14.1. The normalized spacial score (nSPS) is 11.0. The lowest BCUT2D eigenvalue weighted by molar-refractivity contribution is -0.798. The minimum Gasteiger partial charge on any atom is -0.345 e. The van der Waals surface area contributed by atoms with Gasteiger partial charge >= 0.3 is 5.66 Å². The van der Waals surface area contributed by atoms with E-state index in [1.54, 1.807) is 0 Å². The van der Waals surface area contributed by atoms with Crippen molar-refractivity contribution in [2.45, 2.75) is 24.9 Å². The second-order valence-corrected chi connectivity index (χ2v) is 6.55. The van der Waals surface area contributed by atoms with Gasteiger partial charge in [0, 0.05) is 38.0 Å². The fourth-order valence-corrected chi connectivity index (χ4v) is 2.54. The second kappa shape index (κ2) is 10.6. The van der Waals surface area contributed by atoms with Gasteiger partial charge in [0.25, 0.3) is 0 Å². The molecule has 0 saturated carbocycles. The third-order valence-corrected chi connectivity index (χ3v) is 4.42. The largest absolute Gasteiger partial charge is 0.461 e. The van der Waals surface area contributed by atoms with Crippen LogP contribution in [0.1, 0.15) is 19.3 Å².